The molecule has 0 amide bonds. The van der Waals surface area contributed by atoms with Crippen LogP contribution in [0.4, 0.5) is 22.7 Å². The van der Waals surface area contributed by atoms with Gasteiger partial charge in [-0.05, 0) is 104 Å². The largest absolute Gasteiger partial charge is 0.493 e. The predicted octanol–water partition coefficient (Wildman–Crippen LogP) is 17.8. The fourth-order valence-electron chi connectivity index (χ4n) is 10.6. The second-order valence-electron chi connectivity index (χ2n) is 21.2. The first-order valence-corrected chi connectivity index (χ1v) is 25.1. The molecule has 0 N–H and O–H groups in total. The third-order valence-corrected chi connectivity index (χ3v) is 14.5. The molecule has 372 valence electrons. The third-order valence-electron chi connectivity index (χ3n) is 14.5. The van der Waals surface area contributed by atoms with Gasteiger partial charge in [0, 0.05) is 64.9 Å². The molecule has 0 radical (unpaired) electrons. The number of hydrogen-bond acceptors (Lipinski definition) is 3. The summed E-state index contributed by atoms with van der Waals surface area (Å²) in [7, 11) is 0. The van der Waals surface area contributed by atoms with Crippen molar-refractivity contribution in [1.82, 2.24) is 9.55 Å². The number of rotatable bonds is 9. The maximum absolute atomic E-state index is 8.81. The van der Waals surface area contributed by atoms with Crippen molar-refractivity contribution in [2.75, 3.05) is 9.80 Å². The summed E-state index contributed by atoms with van der Waals surface area (Å²) in [6.45, 7) is 13.0. The van der Waals surface area contributed by atoms with Gasteiger partial charge in [-0.1, -0.05) is 199 Å². The van der Waals surface area contributed by atoms with Gasteiger partial charge in [-0.15, -0.1) is 28.9 Å². The van der Waals surface area contributed by atoms with Crippen LogP contribution in [0, 0.1) is 25.7 Å². The zero-order valence-corrected chi connectivity index (χ0v) is 44.9. The fraction of sp³-hybridized carbons (Fsp3) is 0.143. The molecule has 1 aliphatic heterocycles. The molecule has 75 heavy (non-hydrogen) atoms. The van der Waals surface area contributed by atoms with E-state index in [0.717, 1.165) is 72.4 Å². The van der Waals surface area contributed by atoms with Crippen molar-refractivity contribution < 1.29 is 32.0 Å². The number of nitrogens with zero attached hydrogens (tertiary/aromatic N) is 4. The van der Waals surface area contributed by atoms with Crippen LogP contribution >= 0.6 is 0 Å². The van der Waals surface area contributed by atoms with Gasteiger partial charge in [0.2, 0.25) is 0 Å². The minimum Gasteiger partial charge on any atom is -0.493 e. The maximum Gasteiger partial charge on any atom is 0.135 e. The van der Waals surface area contributed by atoms with Crippen molar-refractivity contribution in [3.05, 3.63) is 282 Å². The first-order valence-electron chi connectivity index (χ1n) is 29.1. The van der Waals surface area contributed by atoms with Gasteiger partial charge in [-0.25, -0.2) is 4.98 Å². The Hall–Kier alpha value is -7.78. The Balaban J connectivity index is 0.00000721. The maximum atomic E-state index is 8.81. The normalized spacial score (nSPS) is 14.5. The van der Waals surface area contributed by atoms with Crippen LogP contribution in [-0.2, 0) is 37.3 Å². The Morgan fingerprint density at radius 1 is 0.520 bits per heavy atom. The van der Waals surface area contributed by atoms with Crippen LogP contribution in [0.1, 0.15) is 91.5 Å². The molecule has 4 nitrogen and oxygen atoms in total. The average Bonchev–Trinajstić information content (AvgIpc) is 1.92. The van der Waals surface area contributed by atoms with Gasteiger partial charge in [0.15, 0.2) is 0 Å². The van der Waals surface area contributed by atoms with Crippen LogP contribution in [0.25, 0.3) is 49.9 Å². The van der Waals surface area contributed by atoms with E-state index >= 15 is 0 Å². The number of aromatic nitrogens is 2. The summed E-state index contributed by atoms with van der Waals surface area (Å²) in [6, 6.07) is 70.1. The van der Waals surface area contributed by atoms with Crippen molar-refractivity contribution in [2.45, 2.75) is 64.6 Å². The summed E-state index contributed by atoms with van der Waals surface area (Å²) in [6.07, 6.45) is 1.32. The van der Waals surface area contributed by atoms with Gasteiger partial charge in [0.1, 0.15) is 5.82 Å². The SMILES string of the molecule is [2H]c1c([2H])c([2H])c(-c2cnc(-n3c4[c-]c(C(c5[c-]c(N6[CH-]N(c7cc(C(C)(C)C)cc(C(C)(C)C)c7)c7cc(-c8ccccc8)ccc76)ccc5)(c5ccccc5)c5ccccc5)ccc4c4ccccc43)cc2C([2H])([2H])[2H])c([2H])c1[2H].[Pt]. The quantitative estimate of drug-likeness (QED) is 0.106. The molecule has 9 aromatic carbocycles. The topological polar surface area (TPSA) is 24.3 Å². The van der Waals surface area contributed by atoms with E-state index < -0.39 is 42.5 Å². The zero-order valence-electron chi connectivity index (χ0n) is 50.7. The van der Waals surface area contributed by atoms with Crippen LogP contribution in [0.2, 0.25) is 0 Å². The molecule has 0 fully saturated rings. The van der Waals surface area contributed by atoms with E-state index in [1.54, 1.807) is 0 Å². The van der Waals surface area contributed by atoms with Gasteiger partial charge in [0.05, 0.1) is 6.85 Å². The number of anilines is 4. The molecular weight excluding hydrogens is 1090 g/mol. The molecule has 12 rings (SSSR count). The summed E-state index contributed by atoms with van der Waals surface area (Å²) < 4.78 is 71.0. The molecular formula is C70H59N4Pt-3. The summed E-state index contributed by atoms with van der Waals surface area (Å²) in [5.74, 6) is 0.256. The van der Waals surface area contributed by atoms with E-state index in [4.69, 9.17) is 16.0 Å². The van der Waals surface area contributed by atoms with E-state index in [1.165, 1.54) is 23.4 Å². The summed E-state index contributed by atoms with van der Waals surface area (Å²) in [5.41, 5.74) is 11.8. The van der Waals surface area contributed by atoms with Crippen LogP contribution in [0.5, 0.6) is 0 Å². The molecule has 0 bridgehead atoms. The van der Waals surface area contributed by atoms with Crippen LogP contribution < -0.4 is 9.80 Å². The molecule has 3 heterocycles. The number of para-hydroxylation sites is 1. The van der Waals surface area contributed by atoms with E-state index in [1.807, 2.05) is 71.3 Å². The molecule has 0 unspecified atom stereocenters. The predicted molar refractivity (Wildman–Crippen MR) is 309 cm³/mol. The Kier molecular flexibility index (Phi) is 10.5. The molecule has 5 heteroatoms. The Morgan fingerprint density at radius 3 is 1.83 bits per heavy atom. The average molecular weight is 1160 g/mol. The minimum absolute atomic E-state index is 0. The standard InChI is InChI=1S/C70H59N4.Pt/c1-48-39-67(71-46-62(48)50-25-14-9-15-26-50)74-63-34-21-20-33-60(63)61-37-36-55(45-65(61)74)70(52-27-16-10-17-28-52,53-29-18-11-19-30-53)54-31-22-32-58(42-54)72-47-73(59-43-56(68(2,3)4)41-57(44-59)69(5,6)7)66-40-51(35-38-64(66)72)49-23-12-8-13-24-49;/h8-41,43-44,46-47H,1-7H3;/q-3;/i1D3,9D,14D,15D,25D,26D;. The smallest absolute Gasteiger partial charge is 0.135 e. The molecule has 0 saturated heterocycles. The number of pyridine rings is 1. The van der Waals surface area contributed by atoms with Gasteiger partial charge < -0.3 is 14.4 Å². The first kappa shape index (κ1) is 40.6. The van der Waals surface area contributed by atoms with Gasteiger partial charge in [0.25, 0.3) is 0 Å². The van der Waals surface area contributed by atoms with Crippen molar-refractivity contribution in [3.63, 3.8) is 0 Å². The summed E-state index contributed by atoms with van der Waals surface area (Å²) in [4.78, 5) is 9.45. The van der Waals surface area contributed by atoms with Crippen LogP contribution in [0.15, 0.2) is 224 Å². The van der Waals surface area contributed by atoms with Crippen LogP contribution in [0.3, 0.4) is 0 Å². The first-order chi connectivity index (χ1) is 39.1. The van der Waals surface area contributed by atoms with Gasteiger partial charge in [-0.3, -0.25) is 0 Å². The van der Waals surface area contributed by atoms with Gasteiger partial charge >= 0.3 is 0 Å². The van der Waals surface area contributed by atoms with E-state index in [-0.39, 0.29) is 54.4 Å². The summed E-state index contributed by atoms with van der Waals surface area (Å²) in [5, 5.41) is 1.74. The monoisotopic (exact) mass is 1160 g/mol. The molecule has 0 spiro atoms. The van der Waals surface area contributed by atoms with E-state index in [0.29, 0.717) is 5.52 Å². The van der Waals surface area contributed by atoms with Crippen molar-refractivity contribution >= 4 is 44.6 Å². The van der Waals surface area contributed by atoms with E-state index in [2.05, 4.69) is 185 Å². The number of aryl methyl sites for hydroxylation is 1. The van der Waals surface area contributed by atoms with E-state index in [9.17, 15) is 0 Å². The Morgan fingerprint density at radius 2 is 1.16 bits per heavy atom. The Bertz CT molecular complexity index is 4180. The van der Waals surface area contributed by atoms with Crippen molar-refractivity contribution in [1.29, 1.82) is 0 Å². The fourth-order valence-corrected chi connectivity index (χ4v) is 10.6. The summed E-state index contributed by atoms with van der Waals surface area (Å²) >= 11 is 0. The molecule has 1 aliphatic rings. The molecule has 2 aromatic heterocycles. The number of benzene rings is 9. The second kappa shape index (κ2) is 19.5. The number of hydrogen-bond donors (Lipinski definition) is 0. The Labute approximate surface area is 468 Å². The molecule has 0 saturated carbocycles. The third kappa shape index (κ3) is 8.79. The second-order valence-corrected chi connectivity index (χ2v) is 21.2. The van der Waals surface area contributed by atoms with Crippen molar-refractivity contribution in [3.8, 4) is 28.1 Å². The number of fused-ring (bicyclic) bond motifs is 4. The minimum atomic E-state index is -2.78. The van der Waals surface area contributed by atoms with Gasteiger partial charge in [-0.2, -0.15) is 42.5 Å². The molecule has 0 atom stereocenters. The zero-order chi connectivity index (χ0) is 57.6. The molecule has 11 aromatic rings. The van der Waals surface area contributed by atoms with Crippen molar-refractivity contribution in [2.24, 2.45) is 0 Å². The van der Waals surface area contributed by atoms with Crippen LogP contribution in [-0.4, -0.2) is 9.55 Å². The molecule has 0 aliphatic carbocycles.